The Kier molecular flexibility index (Phi) is 4.70. The molecule has 0 saturated heterocycles. The number of carbonyl (C=O) groups excluding carboxylic acids is 1. The normalized spacial score (nSPS) is 14.2. The Morgan fingerprint density at radius 2 is 2.00 bits per heavy atom. The van der Waals surface area contributed by atoms with Gasteiger partial charge in [0, 0.05) is 5.56 Å². The molecule has 5 nitrogen and oxygen atoms in total. The highest BCUT2D eigenvalue weighted by molar-refractivity contribution is 5.75. The molecule has 0 spiro atoms. The number of methoxy groups -OCH3 is 1. The first kappa shape index (κ1) is 15.9. The smallest absolute Gasteiger partial charge is 0.416 e. The first-order chi connectivity index (χ1) is 9.22. The molecule has 0 aliphatic carbocycles. The van der Waals surface area contributed by atoms with E-state index in [2.05, 4.69) is 4.74 Å². The Hall–Kier alpha value is -2.11. The van der Waals surface area contributed by atoms with Crippen LogP contribution < -0.4 is 0 Å². The fourth-order valence-electron chi connectivity index (χ4n) is 1.51. The maximum atomic E-state index is 12.5. The Balaban J connectivity index is 3.20. The van der Waals surface area contributed by atoms with Gasteiger partial charge in [-0.1, -0.05) is 6.07 Å². The Bertz CT molecular complexity index is 551. The molecule has 0 saturated carbocycles. The van der Waals surface area contributed by atoms with Crippen LogP contribution in [0, 0.1) is 11.3 Å². The number of alkyl halides is 3. The largest absolute Gasteiger partial charge is 0.467 e. The molecule has 0 amide bonds. The third-order valence-electron chi connectivity index (χ3n) is 2.56. The summed E-state index contributed by atoms with van der Waals surface area (Å²) in [4.78, 5) is 11.1. The van der Waals surface area contributed by atoms with Gasteiger partial charge in [-0.3, -0.25) is 0 Å². The molecule has 2 atom stereocenters. The zero-order chi connectivity index (χ0) is 15.5. The van der Waals surface area contributed by atoms with E-state index in [1.165, 1.54) is 6.07 Å². The predicted molar refractivity (Wildman–Crippen MR) is 59.1 cm³/mol. The van der Waals surface area contributed by atoms with Crippen LogP contribution in [0.25, 0.3) is 0 Å². The highest BCUT2D eigenvalue weighted by Gasteiger charge is 2.33. The number of halogens is 3. The number of hydrogen-bond acceptors (Lipinski definition) is 5. The third-order valence-corrected chi connectivity index (χ3v) is 2.56. The summed E-state index contributed by atoms with van der Waals surface area (Å²) in [6, 6.07) is 3.48. The molecule has 8 heteroatoms. The van der Waals surface area contributed by atoms with E-state index in [1.54, 1.807) is 0 Å². The molecule has 2 N–H and O–H groups in total. The van der Waals surface area contributed by atoms with Crippen LogP contribution in [-0.4, -0.2) is 29.4 Å². The lowest BCUT2D eigenvalue weighted by Crippen LogP contribution is -2.29. The van der Waals surface area contributed by atoms with Crippen molar-refractivity contribution in [3.05, 3.63) is 34.9 Å². The number of rotatable bonds is 3. The van der Waals surface area contributed by atoms with E-state index in [9.17, 15) is 28.2 Å². The standard InChI is InChI=1S/C12H10F3NO4/c1-20-11(19)10(18)9(17)8-3-2-7(12(13,14)15)4-6(8)5-16/h2-4,9-10,17-18H,1H3. The quantitative estimate of drug-likeness (QED) is 0.814. The second-order valence-electron chi connectivity index (χ2n) is 3.82. The first-order valence-corrected chi connectivity index (χ1v) is 5.27. The van der Waals surface area contributed by atoms with Crippen molar-refractivity contribution in [3.8, 4) is 6.07 Å². The number of carbonyl (C=O) groups is 1. The van der Waals surface area contributed by atoms with Crippen molar-refractivity contribution in [1.82, 2.24) is 0 Å². The summed E-state index contributed by atoms with van der Waals surface area (Å²) >= 11 is 0. The van der Waals surface area contributed by atoms with E-state index in [0.717, 1.165) is 13.2 Å². The number of aliphatic hydroxyl groups is 2. The molecule has 0 bridgehead atoms. The van der Waals surface area contributed by atoms with E-state index >= 15 is 0 Å². The van der Waals surface area contributed by atoms with Gasteiger partial charge in [-0.25, -0.2) is 4.79 Å². The van der Waals surface area contributed by atoms with E-state index in [0.29, 0.717) is 12.1 Å². The minimum absolute atomic E-state index is 0.293. The lowest BCUT2D eigenvalue weighted by atomic mass is 9.97. The molecule has 1 aromatic rings. The van der Waals surface area contributed by atoms with Gasteiger partial charge in [-0.2, -0.15) is 18.4 Å². The number of nitriles is 1. The second kappa shape index (κ2) is 5.90. The summed E-state index contributed by atoms with van der Waals surface area (Å²) < 4.78 is 41.6. The van der Waals surface area contributed by atoms with Crippen molar-refractivity contribution in [1.29, 1.82) is 5.26 Å². The monoisotopic (exact) mass is 289 g/mol. The third kappa shape index (κ3) is 3.26. The van der Waals surface area contributed by atoms with Crippen molar-refractivity contribution in [2.45, 2.75) is 18.4 Å². The molecule has 0 fully saturated rings. The number of ether oxygens (including phenoxy) is 1. The van der Waals surface area contributed by atoms with Gasteiger partial charge in [0.1, 0.15) is 6.10 Å². The molecule has 2 unspecified atom stereocenters. The van der Waals surface area contributed by atoms with Crippen LogP contribution in [0.3, 0.4) is 0 Å². The summed E-state index contributed by atoms with van der Waals surface area (Å²) in [6.45, 7) is 0. The fourth-order valence-corrected chi connectivity index (χ4v) is 1.51. The van der Waals surface area contributed by atoms with Crippen molar-refractivity contribution < 1.29 is 32.9 Å². The first-order valence-electron chi connectivity index (χ1n) is 5.27. The lowest BCUT2D eigenvalue weighted by molar-refractivity contribution is -0.156. The lowest BCUT2D eigenvalue weighted by Gasteiger charge is -2.18. The molecular weight excluding hydrogens is 279 g/mol. The average Bonchev–Trinajstić information content (AvgIpc) is 2.43. The van der Waals surface area contributed by atoms with Crippen LogP contribution in [0.15, 0.2) is 18.2 Å². The summed E-state index contributed by atoms with van der Waals surface area (Å²) in [5, 5.41) is 28.0. The van der Waals surface area contributed by atoms with Crippen LogP contribution in [0.5, 0.6) is 0 Å². The molecule has 20 heavy (non-hydrogen) atoms. The van der Waals surface area contributed by atoms with Gasteiger partial charge in [0.2, 0.25) is 0 Å². The van der Waals surface area contributed by atoms with Crippen molar-refractivity contribution in [3.63, 3.8) is 0 Å². The van der Waals surface area contributed by atoms with Gasteiger partial charge in [0.05, 0.1) is 24.3 Å². The van der Waals surface area contributed by atoms with Gasteiger partial charge in [-0.05, 0) is 12.1 Å². The topological polar surface area (TPSA) is 90.6 Å². The Labute approximate surface area is 111 Å². The van der Waals surface area contributed by atoms with Crippen molar-refractivity contribution >= 4 is 5.97 Å². The molecule has 0 aliphatic heterocycles. The zero-order valence-corrected chi connectivity index (χ0v) is 10.2. The molecule has 0 heterocycles. The number of nitrogens with zero attached hydrogens (tertiary/aromatic N) is 1. The summed E-state index contributed by atoms with van der Waals surface area (Å²) in [5.74, 6) is -1.17. The number of esters is 1. The maximum Gasteiger partial charge on any atom is 0.416 e. The highest BCUT2D eigenvalue weighted by atomic mass is 19.4. The SMILES string of the molecule is COC(=O)C(O)C(O)c1ccc(C(F)(F)F)cc1C#N. The van der Waals surface area contributed by atoms with Crippen LogP contribution >= 0.6 is 0 Å². The molecule has 0 radical (unpaired) electrons. The molecule has 1 rings (SSSR count). The summed E-state index contributed by atoms with van der Waals surface area (Å²) in [7, 11) is 0.968. The second-order valence-corrected chi connectivity index (χ2v) is 3.82. The van der Waals surface area contributed by atoms with Gasteiger partial charge in [-0.15, -0.1) is 0 Å². The van der Waals surface area contributed by atoms with Crippen molar-refractivity contribution in [2.24, 2.45) is 0 Å². The van der Waals surface area contributed by atoms with E-state index in [-0.39, 0.29) is 5.56 Å². The number of aliphatic hydroxyl groups excluding tert-OH is 2. The minimum atomic E-state index is -4.64. The van der Waals surface area contributed by atoms with Gasteiger partial charge < -0.3 is 14.9 Å². The molecule has 0 aliphatic rings. The molecule has 0 aromatic heterocycles. The highest BCUT2D eigenvalue weighted by Crippen LogP contribution is 2.32. The average molecular weight is 289 g/mol. The van der Waals surface area contributed by atoms with Crippen LogP contribution in [0.4, 0.5) is 13.2 Å². The van der Waals surface area contributed by atoms with E-state index in [4.69, 9.17) is 5.26 Å². The van der Waals surface area contributed by atoms with E-state index < -0.39 is 35.5 Å². The molecule has 108 valence electrons. The summed E-state index contributed by atoms with van der Waals surface area (Å²) in [5.41, 5.74) is -1.86. The van der Waals surface area contributed by atoms with Crippen LogP contribution in [-0.2, 0) is 15.7 Å². The zero-order valence-electron chi connectivity index (χ0n) is 10.2. The van der Waals surface area contributed by atoms with Crippen molar-refractivity contribution in [2.75, 3.05) is 7.11 Å². The Morgan fingerprint density at radius 1 is 1.40 bits per heavy atom. The predicted octanol–water partition coefficient (Wildman–Crippen LogP) is 1.14. The molecular formula is C12H10F3NO4. The van der Waals surface area contributed by atoms with Gasteiger partial charge in [0.25, 0.3) is 0 Å². The fraction of sp³-hybridized carbons (Fsp3) is 0.333. The molecule has 1 aromatic carbocycles. The van der Waals surface area contributed by atoms with Crippen LogP contribution in [0.2, 0.25) is 0 Å². The number of hydrogen-bond donors (Lipinski definition) is 2. The minimum Gasteiger partial charge on any atom is -0.467 e. The van der Waals surface area contributed by atoms with Crippen LogP contribution in [0.1, 0.15) is 22.8 Å². The summed E-state index contributed by atoms with van der Waals surface area (Å²) in [6.07, 6.45) is -8.50. The van der Waals surface area contributed by atoms with Gasteiger partial charge in [0.15, 0.2) is 6.10 Å². The Morgan fingerprint density at radius 3 is 2.45 bits per heavy atom. The van der Waals surface area contributed by atoms with Gasteiger partial charge >= 0.3 is 12.1 Å². The number of benzene rings is 1. The maximum absolute atomic E-state index is 12.5. The van der Waals surface area contributed by atoms with E-state index in [1.807, 2.05) is 0 Å².